The second-order valence-corrected chi connectivity index (χ2v) is 4.14. The second-order valence-electron chi connectivity index (χ2n) is 2.92. The summed E-state index contributed by atoms with van der Waals surface area (Å²) in [5.41, 5.74) is 0.916. The highest BCUT2D eigenvalue weighted by molar-refractivity contribution is 9.10. The molecule has 0 bridgehead atoms. The van der Waals surface area contributed by atoms with Gasteiger partial charge in [0.15, 0.2) is 5.15 Å². The molecule has 1 N–H and O–H groups in total. The number of halogens is 2. The normalized spacial score (nSPS) is 11.1. The Kier molecular flexibility index (Phi) is 2.76. The molecule has 5 heteroatoms. The number of nitrogens with one attached hydrogen (secondary N) is 1. The molecular weight excluding hydrogens is 265 g/mol. The van der Waals surface area contributed by atoms with Crippen molar-refractivity contribution in [2.45, 2.75) is 6.54 Å². The van der Waals surface area contributed by atoms with Crippen LogP contribution in [0.25, 0.3) is 5.52 Å². The van der Waals surface area contributed by atoms with Crippen molar-refractivity contribution < 1.29 is 0 Å². The summed E-state index contributed by atoms with van der Waals surface area (Å²) in [6.45, 7) is 0.699. The van der Waals surface area contributed by atoms with Gasteiger partial charge < -0.3 is 9.72 Å². The Morgan fingerprint density at radius 3 is 3.14 bits per heavy atom. The fourth-order valence-electron chi connectivity index (χ4n) is 1.40. The van der Waals surface area contributed by atoms with E-state index in [1.54, 1.807) is 0 Å². The van der Waals surface area contributed by atoms with E-state index < -0.39 is 0 Å². The van der Waals surface area contributed by atoms with Gasteiger partial charge in [-0.05, 0) is 35.1 Å². The Morgan fingerprint density at radius 2 is 2.43 bits per heavy atom. The molecule has 0 fully saturated rings. The fraction of sp³-hybridized carbons (Fsp3) is 0.222. The molecule has 0 aliphatic carbocycles. The molecule has 3 nitrogen and oxygen atoms in total. The lowest BCUT2D eigenvalue weighted by Crippen LogP contribution is -2.08. The number of rotatable bonds is 2. The van der Waals surface area contributed by atoms with Crippen molar-refractivity contribution in [2.24, 2.45) is 0 Å². The molecule has 14 heavy (non-hydrogen) atoms. The van der Waals surface area contributed by atoms with E-state index in [4.69, 9.17) is 11.6 Å². The summed E-state index contributed by atoms with van der Waals surface area (Å²) in [7, 11) is 1.88. The minimum Gasteiger partial charge on any atom is -0.313 e. The van der Waals surface area contributed by atoms with Crippen LogP contribution in [0.4, 0.5) is 0 Å². The maximum atomic E-state index is 6.03. The van der Waals surface area contributed by atoms with Gasteiger partial charge in [0.05, 0.1) is 12.1 Å². The van der Waals surface area contributed by atoms with Crippen LogP contribution in [0.1, 0.15) is 5.82 Å². The molecule has 0 atom stereocenters. The van der Waals surface area contributed by atoms with Crippen LogP contribution in [-0.4, -0.2) is 16.4 Å². The van der Waals surface area contributed by atoms with Crippen LogP contribution in [0.15, 0.2) is 22.8 Å². The summed E-state index contributed by atoms with van der Waals surface area (Å²) in [6, 6.07) is 3.90. The number of pyridine rings is 1. The van der Waals surface area contributed by atoms with Gasteiger partial charge in [-0.25, -0.2) is 4.98 Å². The van der Waals surface area contributed by atoms with Gasteiger partial charge in [0, 0.05) is 10.7 Å². The van der Waals surface area contributed by atoms with E-state index in [9.17, 15) is 0 Å². The van der Waals surface area contributed by atoms with Crippen LogP contribution in [0.3, 0.4) is 0 Å². The summed E-state index contributed by atoms with van der Waals surface area (Å²) in [5.74, 6) is 0.911. The number of aromatic nitrogens is 2. The third kappa shape index (κ3) is 1.54. The van der Waals surface area contributed by atoms with Gasteiger partial charge in [-0.2, -0.15) is 0 Å². The fourth-order valence-corrected chi connectivity index (χ4v) is 2.33. The number of fused-ring (bicyclic) bond motifs is 1. The maximum Gasteiger partial charge on any atom is 0.156 e. The largest absolute Gasteiger partial charge is 0.313 e. The summed E-state index contributed by atoms with van der Waals surface area (Å²) in [5, 5.41) is 3.58. The van der Waals surface area contributed by atoms with Crippen LogP contribution in [-0.2, 0) is 6.54 Å². The molecule has 0 radical (unpaired) electrons. The molecule has 0 aliphatic rings. The SMILES string of the molecule is CNCc1nc(Cl)c2c(Br)cccn12. The molecule has 74 valence electrons. The van der Waals surface area contributed by atoms with Crippen LogP contribution < -0.4 is 5.32 Å². The minimum atomic E-state index is 0.530. The molecule has 0 amide bonds. The number of nitrogens with zero attached hydrogens (tertiary/aromatic N) is 2. The van der Waals surface area contributed by atoms with E-state index >= 15 is 0 Å². The Labute approximate surface area is 95.2 Å². The average Bonchev–Trinajstić information content (AvgIpc) is 2.46. The molecular formula is C9H9BrClN3. The zero-order valence-electron chi connectivity index (χ0n) is 7.59. The highest BCUT2D eigenvalue weighted by atomic mass is 79.9. The van der Waals surface area contributed by atoms with Gasteiger partial charge in [0.2, 0.25) is 0 Å². The molecule has 2 aromatic heterocycles. The molecule has 0 spiro atoms. The molecule has 0 aliphatic heterocycles. The first-order chi connectivity index (χ1) is 6.74. The highest BCUT2D eigenvalue weighted by Gasteiger charge is 2.10. The van der Waals surface area contributed by atoms with Gasteiger partial charge in [-0.3, -0.25) is 0 Å². The zero-order valence-corrected chi connectivity index (χ0v) is 9.93. The highest BCUT2D eigenvalue weighted by Crippen LogP contribution is 2.25. The standard InChI is InChI=1S/C9H9BrClN3/c1-12-5-7-13-9(11)8-6(10)3-2-4-14(7)8/h2-4,12H,5H2,1H3. The van der Waals surface area contributed by atoms with E-state index in [-0.39, 0.29) is 0 Å². The Balaban J connectivity index is 2.71. The van der Waals surface area contributed by atoms with Gasteiger partial charge in [0.1, 0.15) is 5.82 Å². The smallest absolute Gasteiger partial charge is 0.156 e. The molecule has 0 aromatic carbocycles. The van der Waals surface area contributed by atoms with Gasteiger partial charge in [-0.1, -0.05) is 11.6 Å². The topological polar surface area (TPSA) is 29.3 Å². The predicted molar refractivity (Wildman–Crippen MR) is 60.7 cm³/mol. The quantitative estimate of drug-likeness (QED) is 0.911. The van der Waals surface area contributed by atoms with Crippen molar-refractivity contribution >= 4 is 33.0 Å². The summed E-state index contributed by atoms with van der Waals surface area (Å²) >= 11 is 9.48. The average molecular weight is 275 g/mol. The first-order valence-corrected chi connectivity index (χ1v) is 5.36. The van der Waals surface area contributed by atoms with Crippen molar-refractivity contribution in [3.05, 3.63) is 33.8 Å². The summed E-state index contributed by atoms with van der Waals surface area (Å²) in [4.78, 5) is 4.28. The first kappa shape index (κ1) is 9.96. The Morgan fingerprint density at radius 1 is 1.64 bits per heavy atom. The summed E-state index contributed by atoms with van der Waals surface area (Å²) in [6.07, 6.45) is 1.95. The lowest BCUT2D eigenvalue weighted by atomic mass is 10.4. The van der Waals surface area contributed by atoms with Gasteiger partial charge >= 0.3 is 0 Å². The molecule has 2 aromatic rings. The monoisotopic (exact) mass is 273 g/mol. The second kappa shape index (κ2) is 3.88. The van der Waals surface area contributed by atoms with E-state index in [0.29, 0.717) is 11.7 Å². The maximum absolute atomic E-state index is 6.03. The van der Waals surface area contributed by atoms with E-state index in [1.807, 2.05) is 29.8 Å². The molecule has 0 saturated carbocycles. The van der Waals surface area contributed by atoms with Crippen LogP contribution >= 0.6 is 27.5 Å². The van der Waals surface area contributed by atoms with Crippen LogP contribution in [0.2, 0.25) is 5.15 Å². The summed E-state index contributed by atoms with van der Waals surface area (Å²) < 4.78 is 2.93. The lowest BCUT2D eigenvalue weighted by molar-refractivity contribution is 0.755. The van der Waals surface area contributed by atoms with Crippen molar-refractivity contribution in [1.82, 2.24) is 14.7 Å². The number of hydrogen-bond donors (Lipinski definition) is 1. The Hall–Kier alpha value is -0.580. The van der Waals surface area contributed by atoms with Gasteiger partial charge in [-0.15, -0.1) is 0 Å². The third-order valence-corrected chi connectivity index (χ3v) is 2.88. The van der Waals surface area contributed by atoms with E-state index in [1.165, 1.54) is 0 Å². The first-order valence-electron chi connectivity index (χ1n) is 4.19. The van der Waals surface area contributed by atoms with E-state index in [0.717, 1.165) is 15.8 Å². The van der Waals surface area contributed by atoms with Crippen molar-refractivity contribution in [3.63, 3.8) is 0 Å². The molecule has 2 heterocycles. The predicted octanol–water partition coefficient (Wildman–Crippen LogP) is 2.47. The van der Waals surface area contributed by atoms with Crippen molar-refractivity contribution in [1.29, 1.82) is 0 Å². The number of hydrogen-bond acceptors (Lipinski definition) is 2. The van der Waals surface area contributed by atoms with Crippen LogP contribution in [0, 0.1) is 0 Å². The van der Waals surface area contributed by atoms with Gasteiger partial charge in [0.25, 0.3) is 0 Å². The lowest BCUT2D eigenvalue weighted by Gasteiger charge is -2.00. The van der Waals surface area contributed by atoms with Crippen molar-refractivity contribution in [2.75, 3.05) is 7.05 Å². The van der Waals surface area contributed by atoms with Crippen LogP contribution in [0.5, 0.6) is 0 Å². The van der Waals surface area contributed by atoms with E-state index in [2.05, 4.69) is 26.2 Å². The molecule has 0 saturated heterocycles. The molecule has 0 unspecified atom stereocenters. The van der Waals surface area contributed by atoms with Crippen molar-refractivity contribution in [3.8, 4) is 0 Å². The zero-order chi connectivity index (χ0) is 10.1. The minimum absolute atomic E-state index is 0.530. The third-order valence-electron chi connectivity index (χ3n) is 1.98. The number of imidazole rings is 1. The Bertz CT molecular complexity index is 466. The molecule has 2 rings (SSSR count).